The number of anilines is 1. The van der Waals surface area contributed by atoms with Crippen LogP contribution in [-0.4, -0.2) is 34.1 Å². The Morgan fingerprint density at radius 1 is 1.18 bits per heavy atom. The fourth-order valence-electron chi connectivity index (χ4n) is 2.47. The molecule has 0 amide bonds. The monoisotopic (exact) mass is 661 g/mol. The van der Waals surface area contributed by atoms with E-state index >= 15 is 0 Å². The number of phenolic OH excluding ortho intramolecular Hbond substituents is 1. The zero-order valence-corrected chi connectivity index (χ0v) is 22.5. The summed E-state index contributed by atoms with van der Waals surface area (Å²) >= 11 is 18.1. The summed E-state index contributed by atoms with van der Waals surface area (Å²) in [7, 11) is -3.65. The van der Waals surface area contributed by atoms with Crippen LogP contribution in [0.4, 0.5) is 14.5 Å². The molecule has 0 saturated heterocycles. The lowest BCUT2D eigenvalue weighted by Gasteiger charge is -2.10. The molecule has 0 unspecified atom stereocenters. The Labute approximate surface area is 218 Å². The molecular weight excluding hydrogens is 651 g/mol. The first-order valence-electron chi connectivity index (χ1n) is 8.68. The molecule has 1 aromatic heterocycles. The van der Waals surface area contributed by atoms with Crippen molar-refractivity contribution in [3.05, 3.63) is 65.1 Å². The highest BCUT2D eigenvalue weighted by Crippen LogP contribution is 2.33. The molecule has 0 bridgehead atoms. The van der Waals surface area contributed by atoms with Gasteiger partial charge in [0.25, 0.3) is 0 Å². The molecule has 3 rings (SSSR count). The zero-order valence-electron chi connectivity index (χ0n) is 17.0. The fraction of sp³-hybridized carbons (Fsp3) is 0.167. The molecule has 2 aromatic carbocycles. The maximum atomic E-state index is 12.8. The van der Waals surface area contributed by atoms with Gasteiger partial charge in [-0.15, -0.1) is 5.10 Å². The zero-order chi connectivity index (χ0) is 26.0. The number of phenols is 1. The minimum Gasteiger partial charge on any atom is -0.506 e. The summed E-state index contributed by atoms with van der Waals surface area (Å²) in [4.78, 5) is 12.0. The van der Waals surface area contributed by atoms with Gasteiger partial charge in [-0.25, -0.2) is 17.8 Å². The third-order valence-electron chi connectivity index (χ3n) is 3.88. The Balaban J connectivity index is 0.000000310. The van der Waals surface area contributed by atoms with Crippen molar-refractivity contribution in [1.29, 1.82) is 5.26 Å². The van der Waals surface area contributed by atoms with Crippen molar-refractivity contribution < 1.29 is 22.3 Å². The lowest BCUT2D eigenvalue weighted by molar-refractivity contribution is 0.0640. The number of aromatic hydroxyl groups is 1. The van der Waals surface area contributed by atoms with Gasteiger partial charge in [0, 0.05) is 0 Å². The molecule has 0 aliphatic carbocycles. The second-order valence-corrected chi connectivity index (χ2v) is 10.7. The summed E-state index contributed by atoms with van der Waals surface area (Å²) in [6, 6.07) is 7.39. The molecule has 0 aliphatic rings. The van der Waals surface area contributed by atoms with Gasteiger partial charge in [0.15, 0.2) is 0 Å². The van der Waals surface area contributed by atoms with Crippen LogP contribution < -0.4 is 10.4 Å². The lowest BCUT2D eigenvalue weighted by Crippen LogP contribution is -2.25. The topological polar surface area (TPSA) is 130 Å². The van der Waals surface area contributed by atoms with Crippen LogP contribution in [-0.2, 0) is 10.0 Å². The second kappa shape index (κ2) is 11.0. The molecule has 34 heavy (non-hydrogen) atoms. The van der Waals surface area contributed by atoms with Crippen LogP contribution in [0.15, 0.2) is 38.0 Å². The minimum atomic E-state index is -3.65. The van der Waals surface area contributed by atoms with Crippen molar-refractivity contribution in [2.75, 3.05) is 11.0 Å². The van der Waals surface area contributed by atoms with E-state index < -0.39 is 22.3 Å². The first-order chi connectivity index (χ1) is 15.7. The van der Waals surface area contributed by atoms with E-state index in [1.165, 1.54) is 13.0 Å². The average molecular weight is 664 g/mol. The standard InChI is InChI=1S/C11H10Cl2F2N4O3S.C7H3Br2NO/c1-5-16-19(11(20)18(5)10(14)15)9-4-8(17-23(2,21)22)6(12)3-7(9)13;8-5-1-4(3-10)2-6(9)7(5)11/h3-4,10,17H,1-2H3;1-2,11H. The average Bonchev–Trinajstić information content (AvgIpc) is 3.01. The van der Waals surface area contributed by atoms with Gasteiger partial charge in [-0.3, -0.25) is 4.72 Å². The Kier molecular flexibility index (Phi) is 9.11. The van der Waals surface area contributed by atoms with Gasteiger partial charge >= 0.3 is 12.2 Å². The van der Waals surface area contributed by atoms with Gasteiger partial charge in [-0.1, -0.05) is 23.2 Å². The summed E-state index contributed by atoms with van der Waals surface area (Å²) in [5.41, 5.74) is -0.770. The minimum absolute atomic E-state index is 0.0257. The highest BCUT2D eigenvalue weighted by atomic mass is 79.9. The van der Waals surface area contributed by atoms with E-state index in [-0.39, 0.29) is 37.6 Å². The Hall–Kier alpha value is -2.18. The largest absolute Gasteiger partial charge is 0.506 e. The predicted molar refractivity (Wildman–Crippen MR) is 131 cm³/mol. The number of aromatic nitrogens is 3. The molecule has 3 aromatic rings. The molecule has 2 N–H and O–H groups in total. The summed E-state index contributed by atoms with van der Waals surface area (Å²) in [5.74, 6) is -0.113. The van der Waals surface area contributed by atoms with Gasteiger partial charge in [0.2, 0.25) is 10.0 Å². The molecule has 0 aliphatic heterocycles. The molecule has 0 spiro atoms. The number of aryl methyl sites for hydroxylation is 1. The number of sulfonamides is 1. The number of alkyl halides is 2. The quantitative estimate of drug-likeness (QED) is 0.395. The summed E-state index contributed by atoms with van der Waals surface area (Å²) in [5, 5.41) is 21.4. The molecule has 0 radical (unpaired) electrons. The van der Waals surface area contributed by atoms with Gasteiger partial charge < -0.3 is 5.11 Å². The predicted octanol–water partition coefficient (Wildman–Crippen LogP) is 5.20. The number of nitrogens with one attached hydrogen (secondary N) is 1. The number of nitriles is 1. The number of benzene rings is 2. The van der Waals surface area contributed by atoms with Crippen LogP contribution in [0.3, 0.4) is 0 Å². The van der Waals surface area contributed by atoms with Gasteiger partial charge in [0.05, 0.1) is 48.3 Å². The first-order valence-corrected chi connectivity index (χ1v) is 12.9. The van der Waals surface area contributed by atoms with Gasteiger partial charge in [0.1, 0.15) is 11.6 Å². The van der Waals surface area contributed by atoms with E-state index in [1.54, 1.807) is 12.1 Å². The van der Waals surface area contributed by atoms with Crippen LogP contribution in [0, 0.1) is 18.3 Å². The highest BCUT2D eigenvalue weighted by molar-refractivity contribution is 9.11. The van der Waals surface area contributed by atoms with Crippen molar-refractivity contribution in [2.24, 2.45) is 0 Å². The van der Waals surface area contributed by atoms with E-state index in [0.29, 0.717) is 19.2 Å². The van der Waals surface area contributed by atoms with Crippen LogP contribution in [0.25, 0.3) is 5.69 Å². The van der Waals surface area contributed by atoms with E-state index in [4.69, 9.17) is 28.5 Å². The first kappa shape index (κ1) is 28.1. The van der Waals surface area contributed by atoms with Crippen LogP contribution in [0.1, 0.15) is 17.9 Å². The van der Waals surface area contributed by atoms with Crippen molar-refractivity contribution in [3.63, 3.8) is 0 Å². The molecule has 16 heteroatoms. The summed E-state index contributed by atoms with van der Waals surface area (Å²) in [6.45, 7) is -1.85. The number of hydrogen-bond acceptors (Lipinski definition) is 6. The smallest absolute Gasteiger partial charge is 0.355 e. The summed E-state index contributed by atoms with van der Waals surface area (Å²) in [6.07, 6.45) is 0.902. The second-order valence-electron chi connectivity index (χ2n) is 6.45. The van der Waals surface area contributed by atoms with Crippen molar-refractivity contribution >= 4 is 70.8 Å². The molecule has 1 heterocycles. The molecule has 182 valence electrons. The lowest BCUT2D eigenvalue weighted by atomic mass is 10.2. The Morgan fingerprint density at radius 3 is 2.18 bits per heavy atom. The van der Waals surface area contributed by atoms with Gasteiger partial charge in [-0.2, -0.15) is 18.7 Å². The SMILES string of the molecule is Cc1nn(-c2cc(NS(C)(=O)=O)c(Cl)cc2Cl)c(=O)n1C(F)F.N#Cc1cc(Br)c(O)c(Br)c1. The molecule has 0 fully saturated rings. The van der Waals surface area contributed by atoms with E-state index in [1.807, 2.05) is 6.07 Å². The summed E-state index contributed by atoms with van der Waals surface area (Å²) < 4.78 is 52.3. The highest BCUT2D eigenvalue weighted by Gasteiger charge is 2.21. The Morgan fingerprint density at radius 2 is 1.74 bits per heavy atom. The van der Waals surface area contributed by atoms with Crippen molar-refractivity contribution in [1.82, 2.24) is 14.3 Å². The van der Waals surface area contributed by atoms with Crippen LogP contribution in [0.5, 0.6) is 5.75 Å². The molecule has 9 nitrogen and oxygen atoms in total. The van der Waals surface area contributed by atoms with Gasteiger partial charge in [-0.05, 0) is 63.0 Å². The number of hydrogen-bond donors (Lipinski definition) is 2. The number of halogens is 6. The maximum absolute atomic E-state index is 12.8. The Bertz CT molecular complexity index is 1430. The maximum Gasteiger partial charge on any atom is 0.355 e. The van der Waals surface area contributed by atoms with Crippen molar-refractivity contribution in [3.8, 4) is 17.5 Å². The fourth-order valence-corrected chi connectivity index (χ4v) is 4.79. The van der Waals surface area contributed by atoms with Crippen molar-refractivity contribution in [2.45, 2.75) is 13.5 Å². The molecule has 0 atom stereocenters. The molecular formula is C18H13Br2Cl2F2N5O4S. The van der Waals surface area contributed by atoms with E-state index in [9.17, 15) is 27.1 Å². The number of nitrogens with zero attached hydrogens (tertiary/aromatic N) is 4. The normalized spacial score (nSPS) is 11.1. The van der Waals surface area contributed by atoms with E-state index in [2.05, 4.69) is 41.7 Å². The third kappa shape index (κ3) is 6.70. The molecule has 0 saturated carbocycles. The van der Waals surface area contributed by atoms with Crippen LogP contribution in [0.2, 0.25) is 10.0 Å². The number of rotatable bonds is 4. The van der Waals surface area contributed by atoms with Crippen LogP contribution >= 0.6 is 55.1 Å². The van der Waals surface area contributed by atoms with E-state index in [0.717, 1.165) is 12.3 Å². The third-order valence-corrected chi connectivity index (χ3v) is 6.30.